The van der Waals surface area contributed by atoms with Crippen molar-refractivity contribution in [2.75, 3.05) is 19.6 Å². The number of rotatable bonds is 4. The summed E-state index contributed by atoms with van der Waals surface area (Å²) in [4.78, 5) is 13.2. The van der Waals surface area contributed by atoms with Crippen LogP contribution in [-0.4, -0.2) is 46.3 Å². The van der Waals surface area contributed by atoms with E-state index in [9.17, 15) is 9.90 Å². The third-order valence-corrected chi connectivity index (χ3v) is 4.19. The average Bonchev–Trinajstić information content (AvgIpc) is 2.95. The fourth-order valence-electron chi connectivity index (χ4n) is 2.88. The van der Waals surface area contributed by atoms with E-state index in [0.717, 1.165) is 37.9 Å². The van der Waals surface area contributed by atoms with Crippen molar-refractivity contribution in [3.8, 4) is 0 Å². The van der Waals surface area contributed by atoms with Crippen LogP contribution in [0.25, 0.3) is 6.08 Å². The van der Waals surface area contributed by atoms with E-state index >= 15 is 0 Å². The smallest absolute Gasteiger partial charge is 0.335 e. The minimum atomic E-state index is -0.893. The van der Waals surface area contributed by atoms with Crippen LogP contribution >= 0.6 is 0 Å². The molecule has 2 N–H and O–H groups in total. The molecule has 172 valence electrons. The number of hydrogen-bond acceptors (Lipinski definition) is 3. The number of β-amino-alcohol motifs (C(OH)–C–C–N with tert-alkyl or cyclic N) is 1. The molecule has 1 fully saturated rings. The Kier molecular flexibility index (Phi) is 18.1. The molecule has 0 aromatic heterocycles. The van der Waals surface area contributed by atoms with Gasteiger partial charge < -0.3 is 15.1 Å². The van der Waals surface area contributed by atoms with E-state index in [0.29, 0.717) is 12.1 Å². The van der Waals surface area contributed by atoms with Crippen LogP contribution in [0.1, 0.15) is 90.6 Å². The van der Waals surface area contributed by atoms with Gasteiger partial charge in [-0.15, -0.1) is 0 Å². The van der Waals surface area contributed by atoms with E-state index in [4.69, 9.17) is 5.11 Å². The Morgan fingerprint density at radius 1 is 1.00 bits per heavy atom. The van der Waals surface area contributed by atoms with Crippen molar-refractivity contribution in [3.63, 3.8) is 0 Å². The second-order valence-corrected chi connectivity index (χ2v) is 7.34. The topological polar surface area (TPSA) is 60.8 Å². The summed E-state index contributed by atoms with van der Waals surface area (Å²) in [7, 11) is 0. The zero-order valence-corrected chi connectivity index (χ0v) is 20.5. The molecule has 4 nitrogen and oxygen atoms in total. The molecule has 0 unspecified atom stereocenters. The molecule has 30 heavy (non-hydrogen) atoms. The number of carboxylic acids is 1. The van der Waals surface area contributed by atoms with E-state index in [2.05, 4.69) is 11.0 Å². The SMILES string of the molecule is C/C=C\C.CC.CC.CC(C)(O)CN1CCC/C(=C\c2ccc(C(=O)O)cc2)CC1. The number of carbonyl (C=O) groups is 1. The predicted molar refractivity (Wildman–Crippen MR) is 131 cm³/mol. The van der Waals surface area contributed by atoms with Crippen molar-refractivity contribution in [1.29, 1.82) is 0 Å². The highest BCUT2D eigenvalue weighted by molar-refractivity contribution is 5.87. The second-order valence-electron chi connectivity index (χ2n) is 7.34. The highest BCUT2D eigenvalue weighted by Crippen LogP contribution is 2.21. The third-order valence-electron chi connectivity index (χ3n) is 4.19. The summed E-state index contributed by atoms with van der Waals surface area (Å²) in [6.07, 6.45) is 9.31. The van der Waals surface area contributed by atoms with Gasteiger partial charge in [-0.1, -0.05) is 63.6 Å². The van der Waals surface area contributed by atoms with Crippen molar-refractivity contribution >= 4 is 12.0 Å². The fraction of sp³-hybridized carbons (Fsp3) is 0.577. The monoisotopic (exact) mass is 419 g/mol. The Morgan fingerprint density at radius 3 is 1.97 bits per heavy atom. The maximum atomic E-state index is 10.9. The zero-order valence-electron chi connectivity index (χ0n) is 20.5. The molecule has 0 saturated carbocycles. The molecule has 4 heteroatoms. The predicted octanol–water partition coefficient (Wildman–Crippen LogP) is 6.66. The molecule has 0 spiro atoms. The molecule has 0 aliphatic carbocycles. The highest BCUT2D eigenvalue weighted by Gasteiger charge is 2.20. The maximum Gasteiger partial charge on any atom is 0.335 e. The molecule has 1 saturated heterocycles. The quantitative estimate of drug-likeness (QED) is 0.536. The lowest BCUT2D eigenvalue weighted by molar-refractivity contribution is 0.0376. The van der Waals surface area contributed by atoms with Crippen molar-refractivity contribution < 1.29 is 15.0 Å². The Morgan fingerprint density at radius 2 is 1.53 bits per heavy atom. The van der Waals surface area contributed by atoms with Crippen LogP contribution < -0.4 is 0 Å². The minimum Gasteiger partial charge on any atom is -0.478 e. The highest BCUT2D eigenvalue weighted by atomic mass is 16.4. The molecule has 1 heterocycles. The van der Waals surface area contributed by atoms with E-state index in [1.165, 1.54) is 5.57 Å². The van der Waals surface area contributed by atoms with Gasteiger partial charge in [0, 0.05) is 13.1 Å². The molecule has 1 aliphatic rings. The number of allylic oxidation sites excluding steroid dienone is 2. The molecule has 2 rings (SSSR count). The normalized spacial score (nSPS) is 15.7. The summed E-state index contributed by atoms with van der Waals surface area (Å²) in [6.45, 7) is 18.4. The standard InChI is InChI=1S/C18H25NO3.C4H8.2C2H6/c1-18(2,22)13-19-10-3-4-14(9-11-19)12-15-5-7-16(8-6-15)17(20)21;1-3-4-2;2*1-2/h5-8,12,22H,3-4,9-11,13H2,1-2H3,(H,20,21);3-4H,1-2H3;2*1-2H3/b14-12+;4-3-;;. The Hall–Kier alpha value is -1.91. The van der Waals surface area contributed by atoms with Crippen LogP contribution in [-0.2, 0) is 0 Å². The van der Waals surface area contributed by atoms with Gasteiger partial charge in [-0.2, -0.15) is 0 Å². The van der Waals surface area contributed by atoms with Gasteiger partial charge in [0.2, 0.25) is 0 Å². The number of nitrogens with zero attached hydrogens (tertiary/aromatic N) is 1. The maximum absolute atomic E-state index is 10.9. The summed E-state index contributed by atoms with van der Waals surface area (Å²) in [6, 6.07) is 7.00. The first-order chi connectivity index (χ1) is 14.2. The van der Waals surface area contributed by atoms with Crippen LogP contribution in [0, 0.1) is 0 Å². The average molecular weight is 420 g/mol. The summed E-state index contributed by atoms with van der Waals surface area (Å²) in [5.74, 6) is -0.893. The minimum absolute atomic E-state index is 0.319. The van der Waals surface area contributed by atoms with Crippen molar-refractivity contribution in [1.82, 2.24) is 4.90 Å². The van der Waals surface area contributed by atoms with Crippen molar-refractivity contribution in [2.24, 2.45) is 0 Å². The van der Waals surface area contributed by atoms with Gasteiger partial charge >= 0.3 is 5.97 Å². The number of benzene rings is 1. The van der Waals surface area contributed by atoms with Gasteiger partial charge in [0.1, 0.15) is 0 Å². The lowest BCUT2D eigenvalue weighted by atomic mass is 10.0. The van der Waals surface area contributed by atoms with Crippen LogP contribution in [0.15, 0.2) is 42.0 Å². The number of likely N-dealkylation sites (tertiary alicyclic amines) is 1. The van der Waals surface area contributed by atoms with Crippen LogP contribution in [0.2, 0.25) is 0 Å². The van der Waals surface area contributed by atoms with Crippen molar-refractivity contribution in [2.45, 2.75) is 80.3 Å². The third kappa shape index (κ3) is 15.0. The number of hydrogen-bond donors (Lipinski definition) is 2. The lowest BCUT2D eigenvalue weighted by Gasteiger charge is -2.27. The van der Waals surface area contributed by atoms with Crippen LogP contribution in [0.3, 0.4) is 0 Å². The van der Waals surface area contributed by atoms with E-state index in [1.807, 2.05) is 79.7 Å². The molecule has 1 aromatic carbocycles. The first-order valence-corrected chi connectivity index (χ1v) is 11.3. The molecule has 0 atom stereocenters. The molecular formula is C26H45NO3. The Bertz CT molecular complexity index is 606. The summed E-state index contributed by atoms with van der Waals surface area (Å²) in [5, 5.41) is 18.8. The molecule has 0 radical (unpaired) electrons. The Labute approximate surface area is 185 Å². The number of carboxylic acid groups (broad SMARTS) is 1. The number of aliphatic hydroxyl groups is 1. The van der Waals surface area contributed by atoms with E-state index in [1.54, 1.807) is 12.1 Å². The Balaban J connectivity index is 0. The molecule has 1 aliphatic heterocycles. The summed E-state index contributed by atoms with van der Waals surface area (Å²) in [5.41, 5.74) is 2.11. The summed E-state index contributed by atoms with van der Waals surface area (Å²) < 4.78 is 0. The first kappa shape index (κ1) is 30.3. The second kappa shape index (κ2) is 17.9. The first-order valence-electron chi connectivity index (χ1n) is 11.3. The van der Waals surface area contributed by atoms with Crippen molar-refractivity contribution in [3.05, 3.63) is 53.1 Å². The van der Waals surface area contributed by atoms with Gasteiger partial charge in [-0.3, -0.25) is 0 Å². The fourth-order valence-corrected chi connectivity index (χ4v) is 2.88. The largest absolute Gasteiger partial charge is 0.478 e. The van der Waals surface area contributed by atoms with Gasteiger partial charge in [-0.05, 0) is 71.2 Å². The molecule has 0 bridgehead atoms. The van der Waals surface area contributed by atoms with Gasteiger partial charge in [0.05, 0.1) is 11.2 Å². The molecule has 0 amide bonds. The lowest BCUT2D eigenvalue weighted by Crippen LogP contribution is -2.39. The van der Waals surface area contributed by atoms with Gasteiger partial charge in [0.25, 0.3) is 0 Å². The van der Waals surface area contributed by atoms with Gasteiger partial charge in [-0.25, -0.2) is 4.79 Å². The van der Waals surface area contributed by atoms with Crippen LogP contribution in [0.5, 0.6) is 0 Å². The molecular weight excluding hydrogens is 374 g/mol. The summed E-state index contributed by atoms with van der Waals surface area (Å²) >= 11 is 0. The van der Waals surface area contributed by atoms with E-state index in [-0.39, 0.29) is 0 Å². The van der Waals surface area contributed by atoms with Gasteiger partial charge in [0.15, 0.2) is 0 Å². The molecule has 1 aromatic rings. The number of aromatic carboxylic acids is 1. The van der Waals surface area contributed by atoms with Crippen LogP contribution in [0.4, 0.5) is 0 Å². The van der Waals surface area contributed by atoms with E-state index < -0.39 is 11.6 Å². The zero-order chi connectivity index (χ0) is 23.6.